The van der Waals surface area contributed by atoms with Gasteiger partial charge in [-0.3, -0.25) is 0 Å². The number of hydrogen-bond donors (Lipinski definition) is 5. The highest BCUT2D eigenvalue weighted by Crippen LogP contribution is 2.25. The Morgan fingerprint density at radius 3 is 2.50 bits per heavy atom. The van der Waals surface area contributed by atoms with Crippen LogP contribution in [0.15, 0.2) is 0 Å². The van der Waals surface area contributed by atoms with Gasteiger partial charge >= 0.3 is 0 Å². The maximum absolute atomic E-state index is 9.76. The lowest BCUT2D eigenvalue weighted by atomic mass is 9.80. The highest BCUT2D eigenvalue weighted by Gasteiger charge is 2.46. The molecule has 5 N–H and O–H groups in total. The van der Waals surface area contributed by atoms with Crippen LogP contribution in [0.3, 0.4) is 0 Å². The van der Waals surface area contributed by atoms with E-state index in [0.29, 0.717) is 6.42 Å². The number of aliphatic hydroxyl groups is 4. The molecule has 84 valence electrons. The molecule has 14 heavy (non-hydrogen) atoms. The fourth-order valence-corrected chi connectivity index (χ4v) is 1.98. The van der Waals surface area contributed by atoms with Gasteiger partial charge in [-0.2, -0.15) is 0 Å². The van der Waals surface area contributed by atoms with Crippen molar-refractivity contribution in [2.75, 3.05) is 13.2 Å². The first-order chi connectivity index (χ1) is 6.57. The lowest BCUT2D eigenvalue weighted by Gasteiger charge is -2.45. The van der Waals surface area contributed by atoms with Crippen LogP contribution in [-0.2, 0) is 0 Å². The molecule has 1 saturated heterocycles. The predicted molar refractivity (Wildman–Crippen MR) is 50.7 cm³/mol. The van der Waals surface area contributed by atoms with Gasteiger partial charge in [0.1, 0.15) is 12.2 Å². The number of piperidine rings is 1. The molecule has 0 saturated carbocycles. The first-order valence-electron chi connectivity index (χ1n) is 4.97. The first-order valence-corrected chi connectivity index (χ1v) is 4.97. The minimum absolute atomic E-state index is 0.193. The molecule has 0 aromatic heterocycles. The molecule has 1 heterocycles. The van der Waals surface area contributed by atoms with Gasteiger partial charge in [-0.05, 0) is 6.42 Å². The Bertz CT molecular complexity index is 190. The molecule has 1 aliphatic rings. The number of aliphatic hydroxyl groups excluding tert-OH is 4. The summed E-state index contributed by atoms with van der Waals surface area (Å²) in [4.78, 5) is 0. The third kappa shape index (κ3) is 1.92. The van der Waals surface area contributed by atoms with E-state index in [2.05, 4.69) is 5.32 Å². The van der Waals surface area contributed by atoms with Crippen LogP contribution < -0.4 is 5.32 Å². The number of hydrogen-bond acceptors (Lipinski definition) is 5. The average Bonchev–Trinajstić information content (AvgIpc) is 2.20. The van der Waals surface area contributed by atoms with Crippen molar-refractivity contribution in [1.29, 1.82) is 0 Å². The highest BCUT2D eigenvalue weighted by atomic mass is 16.4. The number of nitrogens with one attached hydrogen (secondary N) is 1. The van der Waals surface area contributed by atoms with Crippen molar-refractivity contribution in [2.45, 2.75) is 43.6 Å². The maximum Gasteiger partial charge on any atom is 0.109 e. The molecule has 1 rings (SSSR count). The summed E-state index contributed by atoms with van der Waals surface area (Å²) in [5, 5.41) is 40.7. The van der Waals surface area contributed by atoms with Gasteiger partial charge in [-0.25, -0.2) is 0 Å². The zero-order chi connectivity index (χ0) is 10.8. The molecule has 0 bridgehead atoms. The van der Waals surface area contributed by atoms with E-state index in [1.165, 1.54) is 0 Å². The third-order valence-corrected chi connectivity index (χ3v) is 2.93. The average molecular weight is 205 g/mol. The molecule has 1 aliphatic heterocycles. The standard InChI is InChI=1S/C9H19NO4/c1-2-3-9(5-11)8(14)7(13)6(12)4-10-9/h6-8,10-14H,2-5H2,1H3/t6-,7+,8-,9-/m0/s1. The fraction of sp³-hybridized carbons (Fsp3) is 1.00. The molecule has 0 spiro atoms. The van der Waals surface area contributed by atoms with Crippen LogP contribution >= 0.6 is 0 Å². The summed E-state index contributed by atoms with van der Waals surface area (Å²) in [5.41, 5.74) is -0.868. The van der Waals surface area contributed by atoms with E-state index in [9.17, 15) is 20.4 Å². The monoisotopic (exact) mass is 205 g/mol. The molecule has 0 radical (unpaired) electrons. The molecule has 1 fully saturated rings. The van der Waals surface area contributed by atoms with Crippen LogP contribution in [0.1, 0.15) is 19.8 Å². The molecular formula is C9H19NO4. The molecule has 0 aliphatic carbocycles. The van der Waals surface area contributed by atoms with Gasteiger partial charge in [0.05, 0.1) is 18.2 Å². The van der Waals surface area contributed by atoms with E-state index in [0.717, 1.165) is 6.42 Å². The zero-order valence-electron chi connectivity index (χ0n) is 8.35. The van der Waals surface area contributed by atoms with E-state index in [4.69, 9.17) is 0 Å². The van der Waals surface area contributed by atoms with Gasteiger partial charge in [-0.15, -0.1) is 0 Å². The Morgan fingerprint density at radius 1 is 1.36 bits per heavy atom. The normalized spacial score (nSPS) is 43.9. The second kappa shape index (κ2) is 4.55. The maximum atomic E-state index is 9.76. The smallest absolute Gasteiger partial charge is 0.109 e. The largest absolute Gasteiger partial charge is 0.394 e. The molecular weight excluding hydrogens is 186 g/mol. The van der Waals surface area contributed by atoms with Gasteiger partial charge in [0.2, 0.25) is 0 Å². The predicted octanol–water partition coefficient (Wildman–Crippen LogP) is -1.80. The van der Waals surface area contributed by atoms with Gasteiger partial charge in [-0.1, -0.05) is 13.3 Å². The zero-order valence-corrected chi connectivity index (χ0v) is 8.35. The second-order valence-corrected chi connectivity index (χ2v) is 3.95. The van der Waals surface area contributed by atoms with Crippen molar-refractivity contribution in [3.63, 3.8) is 0 Å². The van der Waals surface area contributed by atoms with Crippen LogP contribution in [0.5, 0.6) is 0 Å². The van der Waals surface area contributed by atoms with E-state index < -0.39 is 23.9 Å². The third-order valence-electron chi connectivity index (χ3n) is 2.93. The van der Waals surface area contributed by atoms with Gasteiger partial charge in [0.15, 0.2) is 0 Å². The summed E-state index contributed by atoms with van der Waals surface area (Å²) >= 11 is 0. The van der Waals surface area contributed by atoms with Gasteiger partial charge < -0.3 is 25.7 Å². The van der Waals surface area contributed by atoms with Crippen LogP contribution in [-0.4, -0.2) is 57.4 Å². The van der Waals surface area contributed by atoms with Crippen LogP contribution in [0, 0.1) is 0 Å². The minimum atomic E-state index is -1.19. The van der Waals surface area contributed by atoms with Crippen LogP contribution in [0.2, 0.25) is 0 Å². The van der Waals surface area contributed by atoms with Crippen molar-refractivity contribution in [3.8, 4) is 0 Å². The van der Waals surface area contributed by atoms with Gasteiger partial charge in [0.25, 0.3) is 0 Å². The van der Waals surface area contributed by atoms with Crippen molar-refractivity contribution in [3.05, 3.63) is 0 Å². The quantitative estimate of drug-likeness (QED) is 0.375. The first kappa shape index (κ1) is 11.9. The number of β-amino-alcohol motifs (C(OH)–C–C–N with tert-alkyl or cyclic N) is 1. The SMILES string of the molecule is CCC[C@@]1(CO)NC[C@H](O)[C@@H](O)[C@@H]1O. The lowest BCUT2D eigenvalue weighted by Crippen LogP contribution is -2.69. The van der Waals surface area contributed by atoms with Crippen LogP contribution in [0.25, 0.3) is 0 Å². The van der Waals surface area contributed by atoms with Gasteiger partial charge in [0, 0.05) is 6.54 Å². The molecule has 4 atom stereocenters. The topological polar surface area (TPSA) is 93.0 Å². The summed E-state index contributed by atoms with van der Waals surface area (Å²) < 4.78 is 0. The van der Waals surface area contributed by atoms with Crippen LogP contribution in [0.4, 0.5) is 0 Å². The Labute approximate surface area is 83.4 Å². The Kier molecular flexibility index (Phi) is 3.86. The van der Waals surface area contributed by atoms with E-state index in [1.807, 2.05) is 6.92 Å². The molecule has 5 heteroatoms. The summed E-state index contributed by atoms with van der Waals surface area (Å²) in [5.74, 6) is 0. The van der Waals surface area contributed by atoms with E-state index in [-0.39, 0.29) is 13.2 Å². The Hall–Kier alpha value is -0.200. The van der Waals surface area contributed by atoms with Crippen molar-refractivity contribution in [1.82, 2.24) is 5.32 Å². The fourth-order valence-electron chi connectivity index (χ4n) is 1.98. The molecule has 0 aromatic rings. The highest BCUT2D eigenvalue weighted by molar-refractivity contribution is 5.03. The summed E-state index contributed by atoms with van der Waals surface area (Å²) in [7, 11) is 0. The summed E-state index contributed by atoms with van der Waals surface area (Å²) in [6, 6.07) is 0. The van der Waals surface area contributed by atoms with E-state index >= 15 is 0 Å². The molecule has 5 nitrogen and oxygen atoms in total. The van der Waals surface area contributed by atoms with Crippen molar-refractivity contribution < 1.29 is 20.4 Å². The Balaban J connectivity index is 2.76. The second-order valence-electron chi connectivity index (χ2n) is 3.95. The summed E-state index contributed by atoms with van der Waals surface area (Å²) in [6.07, 6.45) is -1.94. The summed E-state index contributed by atoms with van der Waals surface area (Å²) in [6.45, 7) is 1.88. The van der Waals surface area contributed by atoms with E-state index in [1.54, 1.807) is 0 Å². The minimum Gasteiger partial charge on any atom is -0.394 e. The molecule has 0 aromatic carbocycles. The molecule has 0 unspecified atom stereocenters. The van der Waals surface area contributed by atoms with Crippen molar-refractivity contribution >= 4 is 0 Å². The molecule has 0 amide bonds. The van der Waals surface area contributed by atoms with Crippen molar-refractivity contribution in [2.24, 2.45) is 0 Å². The Morgan fingerprint density at radius 2 is 2.00 bits per heavy atom. The number of rotatable bonds is 3. The lowest BCUT2D eigenvalue weighted by molar-refractivity contribution is -0.135.